The lowest BCUT2D eigenvalue weighted by atomic mass is 10.1. The molecule has 0 aromatic heterocycles. The van der Waals surface area contributed by atoms with E-state index in [9.17, 15) is 8.78 Å². The smallest absolute Gasteiger partial charge is 0.123 e. The number of hydrogen-bond donors (Lipinski definition) is 0. The van der Waals surface area contributed by atoms with Gasteiger partial charge in [-0.15, -0.1) is 12.3 Å². The van der Waals surface area contributed by atoms with Crippen molar-refractivity contribution in [3.05, 3.63) is 0 Å². The van der Waals surface area contributed by atoms with Crippen LogP contribution in [0.15, 0.2) is 0 Å². The highest BCUT2D eigenvalue weighted by Gasteiger charge is 2.15. The average Bonchev–Trinajstić information content (AvgIpc) is 2.00. The van der Waals surface area contributed by atoms with Gasteiger partial charge in [-0.1, -0.05) is 22.6 Å². The molecule has 0 saturated carbocycles. The molecule has 2 unspecified atom stereocenters. The zero-order valence-electron chi connectivity index (χ0n) is 6.19. The van der Waals surface area contributed by atoms with Gasteiger partial charge in [0.25, 0.3) is 0 Å². The van der Waals surface area contributed by atoms with Crippen LogP contribution in [0.1, 0.15) is 19.3 Å². The number of alkyl halides is 3. The van der Waals surface area contributed by atoms with E-state index in [1.165, 1.54) is 0 Å². The topological polar surface area (TPSA) is 0 Å². The molecule has 0 aromatic carbocycles. The van der Waals surface area contributed by atoms with Crippen molar-refractivity contribution in [2.24, 2.45) is 0 Å². The van der Waals surface area contributed by atoms with Gasteiger partial charge in [0.05, 0.1) is 6.67 Å². The summed E-state index contributed by atoms with van der Waals surface area (Å²) in [4.78, 5) is 0. The van der Waals surface area contributed by atoms with E-state index in [0.29, 0.717) is 12.8 Å². The van der Waals surface area contributed by atoms with Crippen molar-refractivity contribution in [3.63, 3.8) is 0 Å². The van der Waals surface area contributed by atoms with Crippen LogP contribution in [0.25, 0.3) is 0 Å². The molecule has 0 N–H and O–H groups in total. The highest BCUT2D eigenvalue weighted by molar-refractivity contribution is 14.1. The Morgan fingerprint density at radius 2 is 2.18 bits per heavy atom. The first-order chi connectivity index (χ1) is 5.22. The molecule has 0 aliphatic carbocycles. The Morgan fingerprint density at radius 3 is 2.64 bits per heavy atom. The molecule has 64 valence electrons. The summed E-state index contributed by atoms with van der Waals surface area (Å²) in [5.41, 5.74) is 0. The summed E-state index contributed by atoms with van der Waals surface area (Å²) < 4.78 is 24.3. The molecule has 3 heteroatoms. The van der Waals surface area contributed by atoms with E-state index in [0.717, 1.165) is 0 Å². The van der Waals surface area contributed by atoms with Crippen LogP contribution in [0, 0.1) is 12.3 Å². The maximum atomic E-state index is 12.8. The van der Waals surface area contributed by atoms with Crippen LogP contribution in [-0.4, -0.2) is 16.8 Å². The van der Waals surface area contributed by atoms with Crippen LogP contribution in [0.5, 0.6) is 0 Å². The quantitative estimate of drug-likeness (QED) is 0.410. The molecule has 0 heterocycles. The van der Waals surface area contributed by atoms with Crippen molar-refractivity contribution in [3.8, 4) is 12.3 Å². The summed E-state index contributed by atoms with van der Waals surface area (Å²) >= 11 is 1.98. The summed E-state index contributed by atoms with van der Waals surface area (Å²) in [6.07, 6.45) is 5.09. The largest absolute Gasteiger partial charge is 0.251 e. The van der Waals surface area contributed by atoms with Gasteiger partial charge in [-0.05, 0) is 12.8 Å². The van der Waals surface area contributed by atoms with Crippen LogP contribution in [0.3, 0.4) is 0 Å². The minimum absolute atomic E-state index is 0.139. The zero-order valence-corrected chi connectivity index (χ0v) is 8.35. The maximum absolute atomic E-state index is 12.8. The van der Waals surface area contributed by atoms with Crippen LogP contribution in [0.2, 0.25) is 0 Å². The van der Waals surface area contributed by atoms with E-state index >= 15 is 0 Å². The number of rotatable bonds is 5. The SMILES string of the molecule is C#CCC(F)C(I)CCCF. The lowest BCUT2D eigenvalue weighted by Gasteiger charge is -2.10. The third-order valence-electron chi connectivity index (χ3n) is 1.32. The molecule has 0 aliphatic rings. The summed E-state index contributed by atoms with van der Waals surface area (Å²) in [7, 11) is 0. The Kier molecular flexibility index (Phi) is 6.93. The van der Waals surface area contributed by atoms with E-state index < -0.39 is 6.17 Å². The molecule has 0 bridgehead atoms. The second-order valence-electron chi connectivity index (χ2n) is 2.27. The van der Waals surface area contributed by atoms with Crippen LogP contribution in [0.4, 0.5) is 8.78 Å². The molecule has 11 heavy (non-hydrogen) atoms. The first-order valence-corrected chi connectivity index (χ1v) is 4.74. The Balaban J connectivity index is 3.48. The molecule has 0 aliphatic heterocycles. The molecule has 0 fully saturated rings. The predicted octanol–water partition coefficient (Wildman–Crippen LogP) is 2.90. The van der Waals surface area contributed by atoms with Crippen molar-refractivity contribution in [2.45, 2.75) is 29.4 Å². The Labute approximate surface area is 79.9 Å². The van der Waals surface area contributed by atoms with Gasteiger partial charge in [0.15, 0.2) is 0 Å². The molecule has 2 atom stereocenters. The van der Waals surface area contributed by atoms with Gasteiger partial charge >= 0.3 is 0 Å². The first-order valence-electron chi connectivity index (χ1n) is 3.50. The van der Waals surface area contributed by atoms with Gasteiger partial charge in [-0.2, -0.15) is 0 Å². The van der Waals surface area contributed by atoms with E-state index in [1.807, 2.05) is 22.6 Å². The van der Waals surface area contributed by atoms with Crippen molar-refractivity contribution in [1.29, 1.82) is 0 Å². The van der Waals surface area contributed by atoms with Gasteiger partial charge in [0.1, 0.15) is 6.17 Å². The predicted molar refractivity (Wildman–Crippen MR) is 51.4 cm³/mol. The highest BCUT2D eigenvalue weighted by Crippen LogP contribution is 2.18. The molecular formula is C8H11F2I. The summed E-state index contributed by atoms with van der Waals surface area (Å²) in [5, 5.41) is 0. The lowest BCUT2D eigenvalue weighted by molar-refractivity contribution is 0.322. The van der Waals surface area contributed by atoms with Crippen molar-refractivity contribution >= 4 is 22.6 Å². The Hall–Kier alpha value is 0.150. The molecule has 0 nitrogen and oxygen atoms in total. The Morgan fingerprint density at radius 1 is 1.55 bits per heavy atom. The third-order valence-corrected chi connectivity index (χ3v) is 2.72. The standard InChI is InChI=1S/C8H11F2I/c1-2-4-7(10)8(11)5-3-6-9/h1,7-8H,3-6H2. The van der Waals surface area contributed by atoms with Crippen LogP contribution < -0.4 is 0 Å². The van der Waals surface area contributed by atoms with Gasteiger partial charge in [0, 0.05) is 10.3 Å². The fourth-order valence-corrected chi connectivity index (χ4v) is 1.39. The molecule has 0 radical (unpaired) electrons. The normalized spacial score (nSPS) is 15.5. The third kappa shape index (κ3) is 5.42. The van der Waals surface area contributed by atoms with Gasteiger partial charge < -0.3 is 0 Å². The van der Waals surface area contributed by atoms with Gasteiger partial charge in [-0.3, -0.25) is 4.39 Å². The van der Waals surface area contributed by atoms with Gasteiger partial charge in [0.2, 0.25) is 0 Å². The van der Waals surface area contributed by atoms with Crippen LogP contribution >= 0.6 is 22.6 Å². The summed E-state index contributed by atoms with van der Waals surface area (Å²) in [6.45, 7) is -0.373. The number of terminal acetylenes is 1. The average molecular weight is 272 g/mol. The number of halogens is 3. The van der Waals surface area contributed by atoms with Crippen molar-refractivity contribution in [2.75, 3.05) is 6.67 Å². The molecule has 0 rings (SSSR count). The van der Waals surface area contributed by atoms with Crippen molar-refractivity contribution < 1.29 is 8.78 Å². The van der Waals surface area contributed by atoms with E-state index in [1.54, 1.807) is 0 Å². The second kappa shape index (κ2) is 6.84. The molecule has 0 amide bonds. The van der Waals surface area contributed by atoms with E-state index in [2.05, 4.69) is 5.92 Å². The minimum Gasteiger partial charge on any atom is -0.251 e. The van der Waals surface area contributed by atoms with Crippen LogP contribution in [-0.2, 0) is 0 Å². The summed E-state index contributed by atoms with van der Waals surface area (Å²) in [6, 6.07) is 0. The second-order valence-corrected chi connectivity index (χ2v) is 3.87. The van der Waals surface area contributed by atoms with Gasteiger partial charge in [-0.25, -0.2) is 4.39 Å². The highest BCUT2D eigenvalue weighted by atomic mass is 127. The fraction of sp³-hybridized carbons (Fsp3) is 0.750. The number of hydrogen-bond acceptors (Lipinski definition) is 0. The first kappa shape index (κ1) is 11.2. The molecule has 0 aromatic rings. The lowest BCUT2D eigenvalue weighted by Crippen LogP contribution is -2.14. The molecule has 0 spiro atoms. The van der Waals surface area contributed by atoms with E-state index in [-0.39, 0.29) is 17.0 Å². The zero-order chi connectivity index (χ0) is 8.69. The minimum atomic E-state index is -0.979. The van der Waals surface area contributed by atoms with E-state index in [4.69, 9.17) is 6.42 Å². The van der Waals surface area contributed by atoms with Crippen molar-refractivity contribution in [1.82, 2.24) is 0 Å². The fourth-order valence-electron chi connectivity index (χ4n) is 0.693. The molecular weight excluding hydrogens is 261 g/mol. The summed E-state index contributed by atoms with van der Waals surface area (Å²) in [5.74, 6) is 2.25. The monoisotopic (exact) mass is 272 g/mol. The molecule has 0 saturated heterocycles. The maximum Gasteiger partial charge on any atom is 0.123 e. The Bertz CT molecular complexity index is 131.